The molecule has 1 atom stereocenters. The zero-order chi connectivity index (χ0) is 21.8. The summed E-state index contributed by atoms with van der Waals surface area (Å²) >= 11 is 0. The average Bonchev–Trinajstić information content (AvgIpc) is 3.25. The van der Waals surface area contributed by atoms with Gasteiger partial charge in [0.2, 0.25) is 0 Å². The molecular formula is C26H28N2O3. The number of carbonyl (C=O) groups is 2. The number of ether oxygens (including phenoxy) is 1. The van der Waals surface area contributed by atoms with Crippen LogP contribution in [0.5, 0.6) is 5.75 Å². The third-order valence-electron chi connectivity index (χ3n) is 5.92. The average molecular weight is 417 g/mol. The Labute approximate surface area is 183 Å². The minimum atomic E-state index is -0.119. The van der Waals surface area contributed by atoms with Gasteiger partial charge < -0.3 is 14.5 Å². The summed E-state index contributed by atoms with van der Waals surface area (Å²) in [5.74, 6) is 0.435. The Morgan fingerprint density at radius 3 is 2.65 bits per heavy atom. The first-order valence-electron chi connectivity index (χ1n) is 10.7. The summed E-state index contributed by atoms with van der Waals surface area (Å²) in [5, 5.41) is 2.48. The lowest BCUT2D eigenvalue weighted by atomic mass is 9.97. The van der Waals surface area contributed by atoms with Crippen molar-refractivity contribution >= 4 is 22.6 Å². The normalized spacial score (nSPS) is 15.8. The van der Waals surface area contributed by atoms with Crippen LogP contribution in [0.4, 0.5) is 0 Å². The molecule has 0 aromatic heterocycles. The van der Waals surface area contributed by atoms with E-state index in [2.05, 4.69) is 42.5 Å². The number of hydrogen-bond donors (Lipinski definition) is 0. The quantitative estimate of drug-likeness (QED) is 0.606. The van der Waals surface area contributed by atoms with Crippen molar-refractivity contribution in [1.29, 1.82) is 0 Å². The molecule has 3 aromatic rings. The van der Waals surface area contributed by atoms with Gasteiger partial charge in [0, 0.05) is 32.2 Å². The highest BCUT2D eigenvalue weighted by Crippen LogP contribution is 2.27. The van der Waals surface area contributed by atoms with E-state index in [1.165, 1.54) is 21.2 Å². The monoisotopic (exact) mass is 416 g/mol. The summed E-state index contributed by atoms with van der Waals surface area (Å²) < 4.78 is 5.59. The molecule has 1 heterocycles. The maximum atomic E-state index is 13.3. The Bertz CT molecular complexity index is 1090. The van der Waals surface area contributed by atoms with Crippen LogP contribution in [0.25, 0.3) is 10.8 Å². The van der Waals surface area contributed by atoms with Crippen LogP contribution in [0.2, 0.25) is 0 Å². The summed E-state index contributed by atoms with van der Waals surface area (Å²) in [6, 6.07) is 22.1. The van der Waals surface area contributed by atoms with E-state index in [9.17, 15) is 9.59 Å². The van der Waals surface area contributed by atoms with Gasteiger partial charge in [-0.3, -0.25) is 9.59 Å². The number of likely N-dealkylation sites (N-methyl/N-ethyl adjacent to an activating group) is 1. The largest absolute Gasteiger partial charge is 0.484 e. The fourth-order valence-corrected chi connectivity index (χ4v) is 4.20. The first-order valence-corrected chi connectivity index (χ1v) is 10.7. The third-order valence-corrected chi connectivity index (χ3v) is 5.92. The van der Waals surface area contributed by atoms with Crippen molar-refractivity contribution < 1.29 is 14.3 Å². The van der Waals surface area contributed by atoms with Gasteiger partial charge in [-0.25, -0.2) is 0 Å². The van der Waals surface area contributed by atoms with Crippen molar-refractivity contribution in [1.82, 2.24) is 9.80 Å². The van der Waals surface area contributed by atoms with Crippen molar-refractivity contribution in [3.05, 3.63) is 77.9 Å². The molecule has 4 rings (SSSR count). The number of rotatable bonds is 6. The maximum absolute atomic E-state index is 13.3. The lowest BCUT2D eigenvalue weighted by Gasteiger charge is -2.25. The molecule has 0 N–H and O–H groups in total. The Morgan fingerprint density at radius 2 is 1.81 bits per heavy atom. The third kappa shape index (κ3) is 4.71. The first kappa shape index (κ1) is 20.9. The minimum absolute atomic E-state index is 0.0205. The number of nitrogens with zero attached hydrogens (tertiary/aromatic N) is 2. The minimum Gasteiger partial charge on any atom is -0.484 e. The molecule has 5 nitrogen and oxygen atoms in total. The van der Waals surface area contributed by atoms with E-state index in [4.69, 9.17) is 4.74 Å². The highest BCUT2D eigenvalue weighted by Gasteiger charge is 2.30. The van der Waals surface area contributed by atoms with Crippen LogP contribution < -0.4 is 4.74 Å². The molecule has 0 spiro atoms. The van der Waals surface area contributed by atoms with E-state index < -0.39 is 0 Å². The van der Waals surface area contributed by atoms with Gasteiger partial charge in [0.05, 0.1) is 0 Å². The topological polar surface area (TPSA) is 49.9 Å². The highest BCUT2D eigenvalue weighted by atomic mass is 16.5. The molecule has 1 unspecified atom stereocenters. The van der Waals surface area contributed by atoms with Crippen molar-refractivity contribution in [3.63, 3.8) is 0 Å². The van der Waals surface area contributed by atoms with E-state index in [1.807, 2.05) is 11.0 Å². The molecule has 0 saturated carbocycles. The predicted octanol–water partition coefficient (Wildman–Crippen LogP) is 4.15. The predicted molar refractivity (Wildman–Crippen MR) is 122 cm³/mol. The number of benzene rings is 3. The van der Waals surface area contributed by atoms with Gasteiger partial charge in [-0.2, -0.15) is 0 Å². The van der Waals surface area contributed by atoms with E-state index in [0.717, 1.165) is 25.8 Å². The molecule has 0 bridgehead atoms. The zero-order valence-electron chi connectivity index (χ0n) is 18.1. The molecule has 2 amide bonds. The van der Waals surface area contributed by atoms with Gasteiger partial charge in [-0.15, -0.1) is 0 Å². The fraction of sp³-hybridized carbons (Fsp3) is 0.308. The summed E-state index contributed by atoms with van der Waals surface area (Å²) in [6.45, 7) is 0.719. The summed E-state index contributed by atoms with van der Waals surface area (Å²) in [4.78, 5) is 28.6. The van der Waals surface area contributed by atoms with Crippen LogP contribution in [0.15, 0.2) is 66.7 Å². The summed E-state index contributed by atoms with van der Waals surface area (Å²) in [6.07, 6.45) is 2.86. The molecule has 0 aliphatic carbocycles. The lowest BCUT2D eigenvalue weighted by Crippen LogP contribution is -2.36. The SMILES string of the molecule is CN(C)C(=O)COc1cccc(C(=O)N2CCCC2Cc2cccc3ccccc23)c1. The maximum Gasteiger partial charge on any atom is 0.259 e. The number of carbonyl (C=O) groups excluding carboxylic acids is 2. The molecule has 5 heteroatoms. The lowest BCUT2D eigenvalue weighted by molar-refractivity contribution is -0.130. The smallest absolute Gasteiger partial charge is 0.259 e. The number of amides is 2. The van der Waals surface area contributed by atoms with Gasteiger partial charge in [0.1, 0.15) is 5.75 Å². The van der Waals surface area contributed by atoms with Gasteiger partial charge in [0.15, 0.2) is 6.61 Å². The molecule has 1 saturated heterocycles. The summed E-state index contributed by atoms with van der Waals surface area (Å²) in [5.41, 5.74) is 1.88. The Morgan fingerprint density at radius 1 is 1.03 bits per heavy atom. The Kier molecular flexibility index (Phi) is 6.21. The summed E-state index contributed by atoms with van der Waals surface area (Å²) in [7, 11) is 3.38. The second-order valence-corrected chi connectivity index (χ2v) is 8.24. The van der Waals surface area contributed by atoms with Crippen molar-refractivity contribution in [2.24, 2.45) is 0 Å². The molecule has 1 fully saturated rings. The van der Waals surface area contributed by atoms with Crippen LogP contribution >= 0.6 is 0 Å². The van der Waals surface area contributed by atoms with E-state index in [0.29, 0.717) is 11.3 Å². The van der Waals surface area contributed by atoms with E-state index >= 15 is 0 Å². The van der Waals surface area contributed by atoms with Crippen molar-refractivity contribution in [2.75, 3.05) is 27.2 Å². The highest BCUT2D eigenvalue weighted by molar-refractivity contribution is 5.95. The molecular weight excluding hydrogens is 388 g/mol. The molecule has 31 heavy (non-hydrogen) atoms. The van der Waals surface area contributed by atoms with Gasteiger partial charge in [0.25, 0.3) is 11.8 Å². The van der Waals surface area contributed by atoms with Crippen LogP contribution in [0, 0.1) is 0 Å². The number of likely N-dealkylation sites (tertiary alicyclic amines) is 1. The van der Waals surface area contributed by atoms with Crippen molar-refractivity contribution in [3.8, 4) is 5.75 Å². The van der Waals surface area contributed by atoms with Crippen LogP contribution in [-0.4, -0.2) is 54.9 Å². The molecule has 160 valence electrons. The second kappa shape index (κ2) is 9.21. The number of fused-ring (bicyclic) bond motifs is 1. The molecule has 1 aliphatic heterocycles. The van der Waals surface area contributed by atoms with Gasteiger partial charge >= 0.3 is 0 Å². The second-order valence-electron chi connectivity index (χ2n) is 8.24. The first-order chi connectivity index (χ1) is 15.0. The zero-order valence-corrected chi connectivity index (χ0v) is 18.1. The van der Waals surface area contributed by atoms with E-state index in [-0.39, 0.29) is 24.5 Å². The molecule has 3 aromatic carbocycles. The van der Waals surface area contributed by atoms with Crippen LogP contribution in [0.1, 0.15) is 28.8 Å². The van der Waals surface area contributed by atoms with Crippen LogP contribution in [-0.2, 0) is 11.2 Å². The van der Waals surface area contributed by atoms with Crippen LogP contribution in [0.3, 0.4) is 0 Å². The fourth-order valence-electron chi connectivity index (χ4n) is 4.20. The molecule has 1 aliphatic rings. The standard InChI is InChI=1S/C26H28N2O3/c1-27(2)25(29)18-31-23-13-6-11-21(17-23)26(30)28-15-7-12-22(28)16-20-10-5-9-19-8-3-4-14-24(19)20/h3-6,8-11,13-14,17,22H,7,12,15-16,18H2,1-2H3. The molecule has 0 radical (unpaired) electrons. The van der Waals surface area contributed by atoms with Gasteiger partial charge in [-0.1, -0.05) is 48.5 Å². The Hall–Kier alpha value is -3.34. The van der Waals surface area contributed by atoms with Gasteiger partial charge in [-0.05, 0) is 53.8 Å². The van der Waals surface area contributed by atoms with Crippen molar-refractivity contribution in [2.45, 2.75) is 25.3 Å². The number of hydrogen-bond acceptors (Lipinski definition) is 3. The Balaban J connectivity index is 1.49. The van der Waals surface area contributed by atoms with E-state index in [1.54, 1.807) is 32.3 Å².